The molecule has 4 heteroatoms. The second kappa shape index (κ2) is 7.66. The molecule has 4 aliphatic rings. The molecule has 4 unspecified atom stereocenters. The first-order valence-electron chi connectivity index (χ1n) is 12.0. The van der Waals surface area contributed by atoms with E-state index in [0.29, 0.717) is 53.6 Å². The van der Waals surface area contributed by atoms with Crippen molar-refractivity contribution in [2.45, 2.75) is 91.1 Å². The third-order valence-corrected chi connectivity index (χ3v) is 10.2. The monoisotopic (exact) mass is 404 g/mol. The van der Waals surface area contributed by atoms with Gasteiger partial charge in [0.2, 0.25) is 0 Å². The van der Waals surface area contributed by atoms with Crippen molar-refractivity contribution < 1.29 is 19.4 Å². The fourth-order valence-electron chi connectivity index (χ4n) is 8.64. The van der Waals surface area contributed by atoms with Crippen molar-refractivity contribution in [1.29, 1.82) is 0 Å². The van der Waals surface area contributed by atoms with Gasteiger partial charge in [0.25, 0.3) is 0 Å². The summed E-state index contributed by atoms with van der Waals surface area (Å²) in [5.74, 6) is 3.37. The van der Waals surface area contributed by atoms with Crippen LogP contribution in [0.1, 0.15) is 85.0 Å². The number of carbonyl (C=O) groups is 2. The SMILES string of the molecule is COC(=O)CC[C@@H](C)[C@H]1CCC2C3CC(=O)C4C[C@H](O)CC[C@]4(C)C3CC[C@@]21C. The quantitative estimate of drug-likeness (QED) is 0.685. The molecule has 0 spiro atoms. The van der Waals surface area contributed by atoms with Crippen molar-refractivity contribution in [1.82, 2.24) is 0 Å². The summed E-state index contributed by atoms with van der Waals surface area (Å²) in [6.07, 6.45) is 9.39. The summed E-state index contributed by atoms with van der Waals surface area (Å²) in [7, 11) is 1.47. The summed E-state index contributed by atoms with van der Waals surface area (Å²) < 4.78 is 4.85. The second-order valence-electron chi connectivity index (χ2n) is 11.4. The summed E-state index contributed by atoms with van der Waals surface area (Å²) in [6.45, 7) is 7.18. The lowest BCUT2D eigenvalue weighted by molar-refractivity contribution is -0.160. The fourth-order valence-corrected chi connectivity index (χ4v) is 8.64. The van der Waals surface area contributed by atoms with E-state index in [1.54, 1.807) is 0 Å². The molecule has 0 aromatic carbocycles. The number of carbonyl (C=O) groups excluding carboxylic acids is 2. The molecule has 4 aliphatic carbocycles. The highest BCUT2D eigenvalue weighted by molar-refractivity contribution is 5.83. The molecule has 0 bridgehead atoms. The molecule has 0 radical (unpaired) electrons. The number of fused-ring (bicyclic) bond motifs is 5. The first kappa shape index (κ1) is 21.3. The number of esters is 1. The predicted molar refractivity (Wildman–Crippen MR) is 112 cm³/mol. The van der Waals surface area contributed by atoms with Crippen molar-refractivity contribution >= 4 is 11.8 Å². The molecule has 1 N–H and O–H groups in total. The molecule has 0 amide bonds. The topological polar surface area (TPSA) is 63.6 Å². The van der Waals surface area contributed by atoms with Crippen molar-refractivity contribution in [3.63, 3.8) is 0 Å². The normalized spacial score (nSPS) is 47.7. The van der Waals surface area contributed by atoms with Crippen LogP contribution >= 0.6 is 0 Å². The largest absolute Gasteiger partial charge is 0.469 e. The summed E-state index contributed by atoms with van der Waals surface area (Å²) >= 11 is 0. The van der Waals surface area contributed by atoms with Gasteiger partial charge in [-0.3, -0.25) is 9.59 Å². The fraction of sp³-hybridized carbons (Fsp3) is 0.920. The molecule has 4 nitrogen and oxygen atoms in total. The maximum atomic E-state index is 13.2. The Bertz CT molecular complexity index is 659. The molecule has 0 aromatic heterocycles. The average Bonchev–Trinajstić information content (AvgIpc) is 3.05. The lowest BCUT2D eigenvalue weighted by atomic mass is 9.44. The Morgan fingerprint density at radius 1 is 1.14 bits per heavy atom. The van der Waals surface area contributed by atoms with E-state index >= 15 is 0 Å². The standard InChI is InChI=1S/C25H40O4/c1-15(5-8-23(28)29-4)18-6-7-19-17-14-22(27)21-13-16(26)9-11-25(21,3)20(17)10-12-24(18,19)2/h15-21,26H,5-14H2,1-4H3/t15-,16-,17?,18-,19?,20?,21?,24-,25-/m1/s1. The van der Waals surface area contributed by atoms with Crippen molar-refractivity contribution in [2.24, 2.45) is 46.3 Å². The van der Waals surface area contributed by atoms with Gasteiger partial charge in [-0.05, 0) is 91.8 Å². The Morgan fingerprint density at radius 3 is 2.55 bits per heavy atom. The summed E-state index contributed by atoms with van der Waals surface area (Å²) in [4.78, 5) is 24.8. The van der Waals surface area contributed by atoms with Gasteiger partial charge in [-0.2, -0.15) is 0 Å². The van der Waals surface area contributed by atoms with E-state index in [-0.39, 0.29) is 23.4 Å². The Kier molecular flexibility index (Phi) is 5.63. The van der Waals surface area contributed by atoms with Crippen LogP contribution in [0.15, 0.2) is 0 Å². The molecule has 0 aliphatic heterocycles. The van der Waals surface area contributed by atoms with Crippen LogP contribution in [0.3, 0.4) is 0 Å². The van der Waals surface area contributed by atoms with Gasteiger partial charge in [-0.25, -0.2) is 0 Å². The molecule has 0 saturated heterocycles. The third kappa shape index (κ3) is 3.38. The van der Waals surface area contributed by atoms with E-state index in [4.69, 9.17) is 4.74 Å². The number of hydrogen-bond donors (Lipinski definition) is 1. The highest BCUT2D eigenvalue weighted by Gasteiger charge is 2.62. The third-order valence-electron chi connectivity index (χ3n) is 10.2. The maximum Gasteiger partial charge on any atom is 0.305 e. The smallest absolute Gasteiger partial charge is 0.305 e. The van der Waals surface area contributed by atoms with E-state index in [9.17, 15) is 14.7 Å². The van der Waals surface area contributed by atoms with Crippen LogP contribution < -0.4 is 0 Å². The zero-order chi connectivity index (χ0) is 21.0. The van der Waals surface area contributed by atoms with Crippen LogP contribution in [0.4, 0.5) is 0 Å². The molecular weight excluding hydrogens is 364 g/mol. The average molecular weight is 405 g/mol. The van der Waals surface area contributed by atoms with Gasteiger partial charge in [0.05, 0.1) is 13.2 Å². The molecule has 4 saturated carbocycles. The minimum Gasteiger partial charge on any atom is -0.469 e. The van der Waals surface area contributed by atoms with Crippen LogP contribution in [0, 0.1) is 46.3 Å². The molecule has 4 fully saturated rings. The minimum absolute atomic E-state index is 0.0769. The zero-order valence-corrected chi connectivity index (χ0v) is 18.8. The summed E-state index contributed by atoms with van der Waals surface area (Å²) in [5, 5.41) is 10.2. The van der Waals surface area contributed by atoms with Crippen LogP contribution in [0.5, 0.6) is 0 Å². The first-order chi connectivity index (χ1) is 13.7. The number of methoxy groups -OCH3 is 1. The number of hydrogen-bond acceptors (Lipinski definition) is 4. The molecule has 9 atom stereocenters. The minimum atomic E-state index is -0.283. The second-order valence-corrected chi connectivity index (χ2v) is 11.4. The highest BCUT2D eigenvalue weighted by atomic mass is 16.5. The van der Waals surface area contributed by atoms with Gasteiger partial charge >= 0.3 is 5.97 Å². The number of Topliss-reactive ketones (excluding diaryl/α,β-unsaturated/α-hetero) is 1. The molecule has 0 aromatic rings. The van der Waals surface area contributed by atoms with Gasteiger partial charge in [-0.15, -0.1) is 0 Å². The predicted octanol–water partition coefficient (Wildman–Crippen LogP) is 4.77. The molecule has 29 heavy (non-hydrogen) atoms. The van der Waals surface area contributed by atoms with Gasteiger partial charge < -0.3 is 9.84 Å². The number of rotatable bonds is 4. The Hall–Kier alpha value is -0.900. The molecular formula is C25H40O4. The van der Waals surface area contributed by atoms with E-state index in [0.717, 1.165) is 25.7 Å². The van der Waals surface area contributed by atoms with Crippen LogP contribution in [0.2, 0.25) is 0 Å². The lowest BCUT2D eigenvalue weighted by Gasteiger charge is -2.60. The maximum absolute atomic E-state index is 13.2. The van der Waals surface area contributed by atoms with Gasteiger partial charge in [0.15, 0.2) is 0 Å². The van der Waals surface area contributed by atoms with Crippen LogP contribution in [-0.4, -0.2) is 30.1 Å². The number of ketones is 1. The summed E-state index contributed by atoms with van der Waals surface area (Å²) in [6, 6.07) is 0. The zero-order valence-electron chi connectivity index (χ0n) is 18.8. The van der Waals surface area contributed by atoms with E-state index in [1.807, 2.05) is 0 Å². The Labute approximate surface area is 176 Å². The lowest BCUT2D eigenvalue weighted by Crippen LogP contribution is -2.57. The van der Waals surface area contributed by atoms with Gasteiger partial charge in [-0.1, -0.05) is 20.8 Å². The van der Waals surface area contributed by atoms with Gasteiger partial charge in [0.1, 0.15) is 5.78 Å². The molecule has 0 heterocycles. The van der Waals surface area contributed by atoms with Crippen LogP contribution in [0.25, 0.3) is 0 Å². The number of ether oxygens (including phenoxy) is 1. The number of aliphatic hydroxyl groups excluding tert-OH is 1. The van der Waals surface area contributed by atoms with E-state index < -0.39 is 0 Å². The molecule has 4 rings (SSSR count). The highest BCUT2D eigenvalue weighted by Crippen LogP contribution is 2.67. The summed E-state index contributed by atoms with van der Waals surface area (Å²) in [5.41, 5.74) is 0.392. The number of aliphatic hydroxyl groups is 1. The Morgan fingerprint density at radius 2 is 1.83 bits per heavy atom. The van der Waals surface area contributed by atoms with Crippen molar-refractivity contribution in [2.75, 3.05) is 7.11 Å². The molecule has 164 valence electrons. The van der Waals surface area contributed by atoms with E-state index in [1.165, 1.54) is 32.8 Å². The first-order valence-corrected chi connectivity index (χ1v) is 12.0. The van der Waals surface area contributed by atoms with Crippen LogP contribution in [-0.2, 0) is 14.3 Å². The van der Waals surface area contributed by atoms with Gasteiger partial charge in [0, 0.05) is 18.8 Å². The van der Waals surface area contributed by atoms with E-state index in [2.05, 4.69) is 20.8 Å². The van der Waals surface area contributed by atoms with Crippen molar-refractivity contribution in [3.8, 4) is 0 Å². The Balaban J connectivity index is 1.52. The van der Waals surface area contributed by atoms with Crippen molar-refractivity contribution in [3.05, 3.63) is 0 Å².